The third kappa shape index (κ3) is 3.66. The molecule has 0 aliphatic carbocycles. The van der Waals surface area contributed by atoms with Crippen molar-refractivity contribution in [2.45, 2.75) is 6.92 Å². The van der Waals surface area contributed by atoms with Crippen molar-refractivity contribution in [3.05, 3.63) is 64.4 Å². The first kappa shape index (κ1) is 18.7. The van der Waals surface area contributed by atoms with Crippen LogP contribution in [0.15, 0.2) is 53.0 Å². The molecule has 0 saturated heterocycles. The SMILES string of the molecule is Cc1nnc2sc(-c3ccccc3NC(=S)NC(=O)c3ccccc3Br)nn12. The van der Waals surface area contributed by atoms with Gasteiger partial charge >= 0.3 is 0 Å². The average Bonchev–Trinajstić information content (AvgIpc) is 3.24. The van der Waals surface area contributed by atoms with E-state index in [4.69, 9.17) is 12.2 Å². The molecule has 0 fully saturated rings. The lowest BCUT2D eigenvalue weighted by molar-refractivity contribution is 0.0977. The van der Waals surface area contributed by atoms with Crippen molar-refractivity contribution in [1.29, 1.82) is 0 Å². The number of halogens is 1. The van der Waals surface area contributed by atoms with E-state index in [0.29, 0.717) is 15.0 Å². The van der Waals surface area contributed by atoms with Gasteiger partial charge in [-0.15, -0.1) is 10.2 Å². The van der Waals surface area contributed by atoms with Crippen LogP contribution in [0.3, 0.4) is 0 Å². The van der Waals surface area contributed by atoms with Crippen LogP contribution in [0.5, 0.6) is 0 Å². The molecular weight excluding hydrogens is 460 g/mol. The highest BCUT2D eigenvalue weighted by Crippen LogP contribution is 2.31. The Kier molecular flexibility index (Phi) is 5.16. The van der Waals surface area contributed by atoms with Crippen LogP contribution in [0.1, 0.15) is 16.2 Å². The number of para-hydroxylation sites is 1. The molecule has 7 nitrogen and oxygen atoms in total. The number of thiocarbonyl (C=S) groups is 1. The van der Waals surface area contributed by atoms with Crippen LogP contribution in [-0.2, 0) is 0 Å². The molecule has 28 heavy (non-hydrogen) atoms. The molecule has 4 rings (SSSR count). The van der Waals surface area contributed by atoms with Crippen molar-refractivity contribution < 1.29 is 4.79 Å². The number of carbonyl (C=O) groups is 1. The Morgan fingerprint density at radius 1 is 1.14 bits per heavy atom. The van der Waals surface area contributed by atoms with Crippen LogP contribution in [0.4, 0.5) is 5.69 Å². The maximum absolute atomic E-state index is 12.4. The van der Waals surface area contributed by atoms with E-state index in [1.807, 2.05) is 37.3 Å². The van der Waals surface area contributed by atoms with E-state index in [9.17, 15) is 4.79 Å². The van der Waals surface area contributed by atoms with Gasteiger partial charge in [0.05, 0.1) is 11.3 Å². The van der Waals surface area contributed by atoms with Gasteiger partial charge in [0.15, 0.2) is 10.9 Å². The van der Waals surface area contributed by atoms with Gasteiger partial charge in [-0.1, -0.05) is 35.6 Å². The van der Waals surface area contributed by atoms with E-state index in [1.54, 1.807) is 22.7 Å². The van der Waals surface area contributed by atoms with Crippen LogP contribution in [0.2, 0.25) is 0 Å². The van der Waals surface area contributed by atoms with Crippen molar-refractivity contribution in [2.75, 3.05) is 5.32 Å². The molecule has 0 radical (unpaired) electrons. The van der Waals surface area contributed by atoms with Crippen LogP contribution < -0.4 is 10.6 Å². The van der Waals surface area contributed by atoms with E-state index >= 15 is 0 Å². The van der Waals surface area contributed by atoms with Gasteiger partial charge in [-0.25, -0.2) is 0 Å². The third-order valence-electron chi connectivity index (χ3n) is 3.90. The second-order valence-electron chi connectivity index (χ2n) is 5.78. The van der Waals surface area contributed by atoms with Crippen LogP contribution in [0.25, 0.3) is 15.5 Å². The number of carbonyl (C=O) groups excluding carboxylic acids is 1. The van der Waals surface area contributed by atoms with Crippen molar-refractivity contribution in [3.63, 3.8) is 0 Å². The van der Waals surface area contributed by atoms with Crippen LogP contribution in [0, 0.1) is 6.92 Å². The molecule has 4 aromatic rings. The topological polar surface area (TPSA) is 84.2 Å². The lowest BCUT2D eigenvalue weighted by atomic mass is 10.2. The first-order chi connectivity index (χ1) is 13.5. The number of benzene rings is 2. The van der Waals surface area contributed by atoms with Gasteiger partial charge in [0.25, 0.3) is 5.91 Å². The molecule has 10 heteroatoms. The summed E-state index contributed by atoms with van der Waals surface area (Å²) in [5.41, 5.74) is 2.10. The molecule has 2 N–H and O–H groups in total. The molecule has 2 aromatic carbocycles. The first-order valence-electron chi connectivity index (χ1n) is 8.18. The number of rotatable bonds is 3. The van der Waals surface area contributed by atoms with Crippen LogP contribution >= 0.6 is 39.5 Å². The Bertz CT molecular complexity index is 1200. The smallest absolute Gasteiger partial charge is 0.258 e. The third-order valence-corrected chi connectivity index (χ3v) is 5.73. The maximum Gasteiger partial charge on any atom is 0.258 e. The van der Waals surface area contributed by atoms with Gasteiger partial charge in [0, 0.05) is 10.0 Å². The van der Waals surface area contributed by atoms with E-state index < -0.39 is 0 Å². The molecular formula is C18H13BrN6OS2. The highest BCUT2D eigenvalue weighted by molar-refractivity contribution is 9.10. The number of nitrogens with one attached hydrogen (secondary N) is 2. The zero-order chi connectivity index (χ0) is 19.7. The largest absolute Gasteiger partial charge is 0.332 e. The van der Waals surface area contributed by atoms with Gasteiger partial charge < -0.3 is 5.32 Å². The van der Waals surface area contributed by atoms with Crippen molar-refractivity contribution in [3.8, 4) is 10.6 Å². The molecule has 0 saturated carbocycles. The minimum absolute atomic E-state index is 0.201. The van der Waals surface area contributed by atoms with Gasteiger partial charge in [-0.3, -0.25) is 10.1 Å². The Labute approximate surface area is 177 Å². The lowest BCUT2D eigenvalue weighted by Crippen LogP contribution is -2.34. The Hall–Kier alpha value is -2.69. The minimum atomic E-state index is -0.295. The van der Waals surface area contributed by atoms with Crippen molar-refractivity contribution >= 4 is 61.2 Å². The van der Waals surface area contributed by atoms with Gasteiger partial charge in [-0.05, 0) is 59.3 Å². The fraction of sp³-hybridized carbons (Fsp3) is 0.0556. The number of fused-ring (bicyclic) bond motifs is 1. The summed E-state index contributed by atoms with van der Waals surface area (Å²) in [5.74, 6) is 0.427. The fourth-order valence-corrected chi connectivity index (χ4v) is 4.16. The highest BCUT2D eigenvalue weighted by atomic mass is 79.9. The van der Waals surface area contributed by atoms with Gasteiger partial charge in [-0.2, -0.15) is 9.61 Å². The summed E-state index contributed by atoms with van der Waals surface area (Å²) in [6.45, 7) is 1.85. The lowest BCUT2D eigenvalue weighted by Gasteiger charge is -2.12. The Morgan fingerprint density at radius 2 is 1.89 bits per heavy atom. The molecule has 0 unspecified atom stereocenters. The summed E-state index contributed by atoms with van der Waals surface area (Å²) in [5, 5.41) is 19.4. The summed E-state index contributed by atoms with van der Waals surface area (Å²) >= 11 is 10.1. The zero-order valence-electron chi connectivity index (χ0n) is 14.5. The first-order valence-corrected chi connectivity index (χ1v) is 10.2. The quantitative estimate of drug-likeness (QED) is 0.437. The van der Waals surface area contributed by atoms with Gasteiger partial charge in [0.1, 0.15) is 5.01 Å². The molecule has 0 bridgehead atoms. The summed E-state index contributed by atoms with van der Waals surface area (Å²) in [7, 11) is 0. The van der Waals surface area contributed by atoms with E-state index in [2.05, 4.69) is 41.9 Å². The van der Waals surface area contributed by atoms with E-state index in [0.717, 1.165) is 22.1 Å². The standard InChI is InChI=1S/C18H13BrN6OS2/c1-10-22-23-18-25(10)24-16(28-18)12-7-3-5-9-14(12)20-17(27)21-15(26)11-6-2-4-8-13(11)19/h2-9H,1H3,(H2,20,21,26,27). The number of anilines is 1. The van der Waals surface area contributed by atoms with E-state index in [1.165, 1.54) is 11.3 Å². The number of aryl methyl sites for hydroxylation is 1. The Morgan fingerprint density at radius 3 is 2.68 bits per heavy atom. The number of aromatic nitrogens is 4. The monoisotopic (exact) mass is 472 g/mol. The Balaban J connectivity index is 1.56. The molecule has 0 aliphatic heterocycles. The zero-order valence-corrected chi connectivity index (χ0v) is 17.7. The van der Waals surface area contributed by atoms with Crippen molar-refractivity contribution in [2.24, 2.45) is 0 Å². The number of hydrogen-bond donors (Lipinski definition) is 2. The second kappa shape index (κ2) is 7.74. The van der Waals surface area contributed by atoms with Crippen LogP contribution in [-0.4, -0.2) is 30.8 Å². The fourth-order valence-electron chi connectivity index (χ4n) is 2.57. The molecule has 0 spiro atoms. The number of nitrogens with zero attached hydrogens (tertiary/aromatic N) is 4. The van der Waals surface area contributed by atoms with Crippen molar-refractivity contribution in [1.82, 2.24) is 25.1 Å². The normalized spacial score (nSPS) is 10.8. The summed E-state index contributed by atoms with van der Waals surface area (Å²) in [4.78, 5) is 13.2. The summed E-state index contributed by atoms with van der Waals surface area (Å²) < 4.78 is 2.40. The van der Waals surface area contributed by atoms with Gasteiger partial charge in [0.2, 0.25) is 4.96 Å². The average molecular weight is 473 g/mol. The highest BCUT2D eigenvalue weighted by Gasteiger charge is 2.15. The van der Waals surface area contributed by atoms with E-state index in [-0.39, 0.29) is 11.0 Å². The molecule has 0 aliphatic rings. The summed E-state index contributed by atoms with van der Waals surface area (Å²) in [6.07, 6.45) is 0. The molecule has 2 aromatic heterocycles. The summed E-state index contributed by atoms with van der Waals surface area (Å²) in [6, 6.07) is 14.8. The predicted molar refractivity (Wildman–Crippen MR) is 117 cm³/mol. The number of hydrogen-bond acceptors (Lipinski definition) is 6. The molecule has 1 amide bonds. The number of amides is 1. The second-order valence-corrected chi connectivity index (χ2v) is 8.00. The molecule has 140 valence electrons. The molecule has 0 atom stereocenters. The predicted octanol–water partition coefficient (Wildman–Crippen LogP) is 4.05. The molecule has 2 heterocycles. The minimum Gasteiger partial charge on any atom is -0.332 e. The maximum atomic E-state index is 12.4.